The predicted molar refractivity (Wildman–Crippen MR) is 140 cm³/mol. The van der Waals surface area contributed by atoms with E-state index in [1.807, 2.05) is 0 Å². The molecule has 30 heavy (non-hydrogen) atoms. The number of rotatable bonds is 15. The first-order valence-corrected chi connectivity index (χ1v) is 12.0. The third-order valence-corrected chi connectivity index (χ3v) is 5.75. The largest absolute Gasteiger partial charge is 0.103 e. The van der Waals surface area contributed by atoms with Gasteiger partial charge in [-0.2, -0.15) is 0 Å². The Balaban J connectivity index is 4.79. The molecule has 0 aromatic carbocycles. The fourth-order valence-corrected chi connectivity index (χ4v) is 3.36. The van der Waals surface area contributed by atoms with E-state index in [4.69, 9.17) is 0 Å². The molecule has 0 aromatic heterocycles. The Labute approximate surface area is 189 Å². The monoisotopic (exact) mass is 410 g/mol. The first kappa shape index (κ1) is 28.4. The van der Waals surface area contributed by atoms with Crippen molar-refractivity contribution >= 4 is 0 Å². The Hall–Kier alpha value is -1.56. The topological polar surface area (TPSA) is 0 Å². The lowest BCUT2D eigenvalue weighted by Gasteiger charge is -2.16. The van der Waals surface area contributed by atoms with Crippen LogP contribution >= 0.6 is 0 Å². The summed E-state index contributed by atoms with van der Waals surface area (Å²) >= 11 is 0. The van der Waals surface area contributed by atoms with Gasteiger partial charge < -0.3 is 0 Å². The third-order valence-electron chi connectivity index (χ3n) is 5.75. The van der Waals surface area contributed by atoms with E-state index in [9.17, 15) is 0 Å². The second-order valence-corrected chi connectivity index (χ2v) is 9.65. The predicted octanol–water partition coefficient (Wildman–Crippen LogP) is 10.3. The van der Waals surface area contributed by atoms with Gasteiger partial charge in [0.2, 0.25) is 0 Å². The van der Waals surface area contributed by atoms with Crippen LogP contribution in [0.1, 0.15) is 107 Å². The molecule has 2 unspecified atom stereocenters. The van der Waals surface area contributed by atoms with Crippen LogP contribution in [0.25, 0.3) is 0 Å². The van der Waals surface area contributed by atoms with Crippen LogP contribution in [0, 0.1) is 11.8 Å². The van der Waals surface area contributed by atoms with E-state index in [0.717, 1.165) is 19.3 Å². The van der Waals surface area contributed by atoms with Crippen LogP contribution < -0.4 is 0 Å². The van der Waals surface area contributed by atoms with Crippen molar-refractivity contribution in [2.45, 2.75) is 107 Å². The molecule has 0 aromatic rings. The van der Waals surface area contributed by atoms with Crippen molar-refractivity contribution in [1.82, 2.24) is 0 Å². The molecule has 0 amide bonds. The molecule has 0 aliphatic carbocycles. The molecule has 0 radical (unpaired) electrons. The van der Waals surface area contributed by atoms with Crippen molar-refractivity contribution in [3.63, 3.8) is 0 Å². The van der Waals surface area contributed by atoms with Crippen LogP contribution in [0.15, 0.2) is 70.9 Å². The molecule has 0 N–H and O–H groups in total. The SMILES string of the molecule is C=CC(C)C/C=C(\C/C=C(\C)CC/C=C(\C)CCC=C(C)C)C(C)CCC=C(C)C. The molecular formula is C30H50. The molecule has 0 rings (SSSR count). The molecule has 0 heteroatoms. The summed E-state index contributed by atoms with van der Waals surface area (Å²) in [6.45, 7) is 21.9. The molecule has 0 saturated carbocycles. The standard InChI is InChI=1S/C30H50/c1-10-26(6)20-22-30(29(9)19-12-15-25(4)5)23-21-28(8)18-13-17-27(7)16-11-14-24(2)3/h10,14-15,17,21-22,26,29H,1,11-13,16,18-20,23H2,2-9H3/b27-17+,28-21+,30-22+. The van der Waals surface area contributed by atoms with Crippen molar-refractivity contribution in [2.75, 3.05) is 0 Å². The smallest absolute Gasteiger partial charge is 0.0134 e. The summed E-state index contributed by atoms with van der Waals surface area (Å²) < 4.78 is 0. The lowest BCUT2D eigenvalue weighted by molar-refractivity contribution is 0.600. The van der Waals surface area contributed by atoms with E-state index in [-0.39, 0.29) is 0 Å². The van der Waals surface area contributed by atoms with Crippen molar-refractivity contribution in [3.8, 4) is 0 Å². The molecule has 0 nitrogen and oxygen atoms in total. The van der Waals surface area contributed by atoms with E-state index >= 15 is 0 Å². The van der Waals surface area contributed by atoms with E-state index in [0.29, 0.717) is 11.8 Å². The van der Waals surface area contributed by atoms with Crippen LogP contribution in [-0.2, 0) is 0 Å². The molecule has 0 bridgehead atoms. The highest BCUT2D eigenvalue weighted by Gasteiger charge is 2.08. The summed E-state index contributed by atoms with van der Waals surface area (Å²) in [6, 6.07) is 0. The van der Waals surface area contributed by atoms with Gasteiger partial charge in [-0.15, -0.1) is 6.58 Å². The van der Waals surface area contributed by atoms with Crippen LogP contribution in [0.3, 0.4) is 0 Å². The van der Waals surface area contributed by atoms with E-state index in [1.165, 1.54) is 54.4 Å². The van der Waals surface area contributed by atoms with Crippen LogP contribution in [-0.4, -0.2) is 0 Å². The van der Waals surface area contributed by atoms with Gasteiger partial charge in [0.05, 0.1) is 0 Å². The zero-order chi connectivity index (χ0) is 22.9. The molecule has 0 aliphatic heterocycles. The minimum atomic E-state index is 0.550. The average molecular weight is 411 g/mol. The minimum Gasteiger partial charge on any atom is -0.103 e. The average Bonchev–Trinajstić information content (AvgIpc) is 2.66. The van der Waals surface area contributed by atoms with E-state index in [2.05, 4.69) is 98.4 Å². The number of hydrogen-bond acceptors (Lipinski definition) is 0. The Morgan fingerprint density at radius 1 is 0.700 bits per heavy atom. The maximum Gasteiger partial charge on any atom is -0.0134 e. The summed E-state index contributed by atoms with van der Waals surface area (Å²) in [5.41, 5.74) is 7.48. The van der Waals surface area contributed by atoms with Crippen LogP contribution in [0.4, 0.5) is 0 Å². The zero-order valence-electron chi connectivity index (χ0n) is 21.5. The lowest BCUT2D eigenvalue weighted by atomic mass is 9.90. The molecule has 0 aliphatic rings. The van der Waals surface area contributed by atoms with Gasteiger partial charge in [-0.05, 0) is 105 Å². The first-order valence-electron chi connectivity index (χ1n) is 12.0. The molecule has 0 heterocycles. The second-order valence-electron chi connectivity index (χ2n) is 9.65. The fraction of sp³-hybridized carbons (Fsp3) is 0.600. The summed E-state index contributed by atoms with van der Waals surface area (Å²) in [5.74, 6) is 1.19. The summed E-state index contributed by atoms with van der Waals surface area (Å²) in [7, 11) is 0. The van der Waals surface area contributed by atoms with Crippen molar-refractivity contribution in [3.05, 3.63) is 70.9 Å². The highest BCUT2D eigenvalue weighted by atomic mass is 14.1. The van der Waals surface area contributed by atoms with Crippen molar-refractivity contribution < 1.29 is 0 Å². The molecule has 0 spiro atoms. The number of hydrogen-bond donors (Lipinski definition) is 0. The Bertz CT molecular complexity index is 625. The lowest BCUT2D eigenvalue weighted by Crippen LogP contribution is -2.00. The fourth-order valence-electron chi connectivity index (χ4n) is 3.36. The third kappa shape index (κ3) is 16.3. The maximum absolute atomic E-state index is 3.94. The minimum absolute atomic E-state index is 0.550. The Morgan fingerprint density at radius 2 is 1.23 bits per heavy atom. The van der Waals surface area contributed by atoms with Crippen molar-refractivity contribution in [1.29, 1.82) is 0 Å². The highest BCUT2D eigenvalue weighted by molar-refractivity contribution is 5.15. The van der Waals surface area contributed by atoms with Crippen LogP contribution in [0.5, 0.6) is 0 Å². The van der Waals surface area contributed by atoms with Gasteiger partial charge in [-0.1, -0.05) is 78.2 Å². The summed E-state index contributed by atoms with van der Waals surface area (Å²) in [4.78, 5) is 0. The summed E-state index contributed by atoms with van der Waals surface area (Å²) in [6.07, 6.45) is 23.4. The molecule has 0 saturated heterocycles. The number of allylic oxidation sites excluding steroid dienone is 11. The molecule has 2 atom stereocenters. The van der Waals surface area contributed by atoms with E-state index < -0.39 is 0 Å². The zero-order valence-corrected chi connectivity index (χ0v) is 21.5. The molecular weight excluding hydrogens is 360 g/mol. The summed E-state index contributed by atoms with van der Waals surface area (Å²) in [5, 5.41) is 0. The molecule has 170 valence electrons. The highest BCUT2D eigenvalue weighted by Crippen LogP contribution is 2.24. The van der Waals surface area contributed by atoms with Gasteiger partial charge >= 0.3 is 0 Å². The van der Waals surface area contributed by atoms with Crippen molar-refractivity contribution in [2.24, 2.45) is 11.8 Å². The van der Waals surface area contributed by atoms with Gasteiger partial charge in [0.15, 0.2) is 0 Å². The molecule has 0 fully saturated rings. The maximum atomic E-state index is 3.94. The Kier molecular flexibility index (Phi) is 16.3. The van der Waals surface area contributed by atoms with Crippen LogP contribution in [0.2, 0.25) is 0 Å². The quantitative estimate of drug-likeness (QED) is 0.235. The van der Waals surface area contributed by atoms with Gasteiger partial charge in [0.1, 0.15) is 0 Å². The van der Waals surface area contributed by atoms with Gasteiger partial charge in [-0.25, -0.2) is 0 Å². The second kappa shape index (κ2) is 17.2. The normalized spacial score (nSPS) is 14.9. The Morgan fingerprint density at radius 3 is 1.80 bits per heavy atom. The van der Waals surface area contributed by atoms with Gasteiger partial charge in [0.25, 0.3) is 0 Å². The van der Waals surface area contributed by atoms with Gasteiger partial charge in [0, 0.05) is 0 Å². The van der Waals surface area contributed by atoms with Gasteiger partial charge in [-0.3, -0.25) is 0 Å². The van der Waals surface area contributed by atoms with E-state index in [1.54, 1.807) is 5.57 Å². The first-order chi connectivity index (χ1) is 14.1.